The minimum Gasteiger partial charge on any atom is -0.486 e. The molecule has 0 saturated carbocycles. The van der Waals surface area contributed by atoms with Crippen LogP contribution in [-0.4, -0.2) is 26.3 Å². The minimum atomic E-state index is 0.603. The Morgan fingerprint density at radius 1 is 1.11 bits per heavy atom. The van der Waals surface area contributed by atoms with E-state index in [9.17, 15) is 0 Å². The maximum absolute atomic E-state index is 6.27. The van der Waals surface area contributed by atoms with Crippen LogP contribution in [0.2, 0.25) is 5.02 Å². The van der Waals surface area contributed by atoms with Crippen LogP contribution < -0.4 is 14.8 Å². The molecule has 1 heterocycles. The predicted octanol–water partition coefficient (Wildman–Crippen LogP) is 3.43. The molecule has 0 saturated heterocycles. The molecule has 0 radical (unpaired) electrons. The van der Waals surface area contributed by atoms with Gasteiger partial charge in [0.1, 0.15) is 13.2 Å². The molecule has 0 fully saturated rings. The molecule has 0 amide bonds. The van der Waals surface area contributed by atoms with Crippen LogP contribution in [0.25, 0.3) is 0 Å². The number of unbranched alkanes of at least 4 members (excludes halogenated alkanes) is 1. The third-order valence-corrected chi connectivity index (χ3v) is 3.54. The molecule has 0 spiro atoms. The summed E-state index contributed by atoms with van der Waals surface area (Å²) in [5, 5.41) is 4.19. The third kappa shape index (κ3) is 4.29. The number of hydrogen-bond acceptors (Lipinski definition) is 3. The first kappa shape index (κ1) is 14.5. The summed E-state index contributed by atoms with van der Waals surface area (Å²) in [6, 6.07) is 3.90. The number of ether oxygens (including phenoxy) is 2. The number of rotatable bonds is 7. The van der Waals surface area contributed by atoms with Gasteiger partial charge in [-0.3, -0.25) is 0 Å². The molecule has 0 unspecified atom stereocenters. The van der Waals surface area contributed by atoms with Gasteiger partial charge in [0.15, 0.2) is 11.5 Å². The van der Waals surface area contributed by atoms with Crippen LogP contribution in [-0.2, 0) is 6.42 Å². The van der Waals surface area contributed by atoms with Crippen molar-refractivity contribution in [2.24, 2.45) is 0 Å². The summed E-state index contributed by atoms with van der Waals surface area (Å²) in [4.78, 5) is 0. The molecule has 2 rings (SSSR count). The summed E-state index contributed by atoms with van der Waals surface area (Å²) in [7, 11) is 0. The molecule has 4 heteroatoms. The van der Waals surface area contributed by atoms with E-state index >= 15 is 0 Å². The van der Waals surface area contributed by atoms with Crippen LogP contribution in [0.3, 0.4) is 0 Å². The lowest BCUT2D eigenvalue weighted by molar-refractivity contribution is 0.171. The Bertz CT molecular complexity index is 409. The van der Waals surface area contributed by atoms with E-state index in [4.69, 9.17) is 21.1 Å². The highest BCUT2D eigenvalue weighted by Crippen LogP contribution is 2.35. The number of fused-ring (bicyclic) bond motifs is 1. The molecule has 1 aromatic carbocycles. The van der Waals surface area contributed by atoms with Crippen molar-refractivity contribution in [1.82, 2.24) is 5.32 Å². The summed E-state index contributed by atoms with van der Waals surface area (Å²) >= 11 is 6.27. The maximum atomic E-state index is 6.27. The lowest BCUT2D eigenvalue weighted by atomic mass is 10.1. The van der Waals surface area contributed by atoms with Crippen molar-refractivity contribution in [2.45, 2.75) is 32.6 Å². The van der Waals surface area contributed by atoms with E-state index in [1.54, 1.807) is 0 Å². The Morgan fingerprint density at radius 3 is 2.58 bits per heavy atom. The number of nitrogens with one attached hydrogen (secondary N) is 1. The van der Waals surface area contributed by atoms with Gasteiger partial charge >= 0.3 is 0 Å². The van der Waals surface area contributed by atoms with E-state index in [0.717, 1.165) is 48.0 Å². The number of aryl methyl sites for hydroxylation is 1. The Labute approximate surface area is 120 Å². The summed E-state index contributed by atoms with van der Waals surface area (Å²) in [6.45, 7) is 5.59. The molecule has 1 aliphatic heterocycles. The zero-order valence-corrected chi connectivity index (χ0v) is 12.3. The third-order valence-electron chi connectivity index (χ3n) is 3.19. The molecule has 1 N–H and O–H groups in total. The van der Waals surface area contributed by atoms with Gasteiger partial charge in [-0.15, -0.1) is 0 Å². The van der Waals surface area contributed by atoms with Gasteiger partial charge in [0.2, 0.25) is 0 Å². The summed E-state index contributed by atoms with van der Waals surface area (Å²) in [5.41, 5.74) is 1.15. The van der Waals surface area contributed by atoms with Crippen molar-refractivity contribution in [1.29, 1.82) is 0 Å². The molecule has 1 aliphatic rings. The Balaban J connectivity index is 1.83. The predicted molar refractivity (Wildman–Crippen MR) is 78.5 cm³/mol. The van der Waals surface area contributed by atoms with Crippen molar-refractivity contribution >= 4 is 11.6 Å². The van der Waals surface area contributed by atoms with Crippen molar-refractivity contribution in [3.05, 3.63) is 22.7 Å². The van der Waals surface area contributed by atoms with E-state index in [1.807, 2.05) is 12.1 Å². The van der Waals surface area contributed by atoms with Crippen LogP contribution in [0, 0.1) is 0 Å². The second-order valence-electron chi connectivity index (χ2n) is 4.79. The molecule has 106 valence electrons. The maximum Gasteiger partial charge on any atom is 0.162 e. The van der Waals surface area contributed by atoms with E-state index in [1.165, 1.54) is 12.8 Å². The highest BCUT2D eigenvalue weighted by molar-refractivity contribution is 6.31. The van der Waals surface area contributed by atoms with Crippen LogP contribution in [0.1, 0.15) is 31.7 Å². The van der Waals surface area contributed by atoms with Gasteiger partial charge in [-0.2, -0.15) is 0 Å². The molecule has 0 bridgehead atoms. The lowest BCUT2D eigenvalue weighted by Gasteiger charge is -2.19. The fraction of sp³-hybridized carbons (Fsp3) is 0.600. The van der Waals surface area contributed by atoms with Crippen molar-refractivity contribution in [3.63, 3.8) is 0 Å². The minimum absolute atomic E-state index is 0.603. The summed E-state index contributed by atoms with van der Waals surface area (Å²) in [5.74, 6) is 1.60. The smallest absolute Gasteiger partial charge is 0.162 e. The first-order valence-electron chi connectivity index (χ1n) is 7.10. The zero-order valence-electron chi connectivity index (χ0n) is 11.5. The van der Waals surface area contributed by atoms with E-state index < -0.39 is 0 Å². The number of hydrogen-bond donors (Lipinski definition) is 1. The van der Waals surface area contributed by atoms with Gasteiger partial charge in [0.05, 0.1) is 0 Å². The average molecular weight is 284 g/mol. The summed E-state index contributed by atoms with van der Waals surface area (Å²) < 4.78 is 11.1. The molecular weight excluding hydrogens is 262 g/mol. The Hall–Kier alpha value is -0.930. The molecule has 0 aromatic heterocycles. The molecule has 0 atom stereocenters. The fourth-order valence-corrected chi connectivity index (χ4v) is 2.41. The van der Waals surface area contributed by atoms with Crippen LogP contribution in [0.15, 0.2) is 12.1 Å². The fourth-order valence-electron chi connectivity index (χ4n) is 2.16. The van der Waals surface area contributed by atoms with Crippen LogP contribution in [0.4, 0.5) is 0 Å². The quantitative estimate of drug-likeness (QED) is 0.778. The van der Waals surface area contributed by atoms with Gasteiger partial charge in [-0.25, -0.2) is 0 Å². The van der Waals surface area contributed by atoms with E-state index in [2.05, 4.69) is 12.2 Å². The first-order chi connectivity index (χ1) is 9.31. The number of halogens is 1. The molecule has 1 aromatic rings. The largest absolute Gasteiger partial charge is 0.486 e. The lowest BCUT2D eigenvalue weighted by Crippen LogP contribution is -2.16. The standard InChI is InChI=1S/C15H22ClNO2/c1-2-6-17-7-4-3-5-12-10-14-15(11-13(12)16)19-9-8-18-14/h10-11,17H,2-9H2,1H3. The van der Waals surface area contributed by atoms with Crippen molar-refractivity contribution < 1.29 is 9.47 Å². The van der Waals surface area contributed by atoms with Gasteiger partial charge in [0, 0.05) is 11.1 Å². The summed E-state index contributed by atoms with van der Waals surface area (Å²) in [6.07, 6.45) is 4.48. The van der Waals surface area contributed by atoms with Crippen LogP contribution in [0.5, 0.6) is 11.5 Å². The van der Waals surface area contributed by atoms with Gasteiger partial charge in [0.25, 0.3) is 0 Å². The van der Waals surface area contributed by atoms with Crippen LogP contribution >= 0.6 is 11.6 Å². The monoisotopic (exact) mass is 283 g/mol. The number of benzene rings is 1. The molecule has 0 aliphatic carbocycles. The van der Waals surface area contributed by atoms with E-state index in [-0.39, 0.29) is 0 Å². The normalized spacial score (nSPS) is 13.6. The first-order valence-corrected chi connectivity index (χ1v) is 7.48. The highest BCUT2D eigenvalue weighted by atomic mass is 35.5. The van der Waals surface area contributed by atoms with E-state index in [0.29, 0.717) is 13.2 Å². The SMILES string of the molecule is CCCNCCCCc1cc2c(cc1Cl)OCCO2. The van der Waals surface area contributed by atoms with Gasteiger partial charge in [-0.05, 0) is 50.4 Å². The van der Waals surface area contributed by atoms with Crippen molar-refractivity contribution in [2.75, 3.05) is 26.3 Å². The topological polar surface area (TPSA) is 30.5 Å². The second kappa shape index (κ2) is 7.61. The molecular formula is C15H22ClNO2. The highest BCUT2D eigenvalue weighted by Gasteiger charge is 2.14. The Morgan fingerprint density at radius 2 is 1.84 bits per heavy atom. The molecule has 19 heavy (non-hydrogen) atoms. The zero-order chi connectivity index (χ0) is 13.5. The van der Waals surface area contributed by atoms with Gasteiger partial charge in [-0.1, -0.05) is 18.5 Å². The average Bonchev–Trinajstić information content (AvgIpc) is 2.43. The Kier molecular flexibility index (Phi) is 5.80. The second-order valence-corrected chi connectivity index (χ2v) is 5.20. The molecule has 3 nitrogen and oxygen atoms in total. The van der Waals surface area contributed by atoms with Gasteiger partial charge < -0.3 is 14.8 Å². The van der Waals surface area contributed by atoms with Crippen molar-refractivity contribution in [3.8, 4) is 11.5 Å².